The Balaban J connectivity index is 2.05. The van der Waals surface area contributed by atoms with Crippen LogP contribution in [-0.2, 0) is 6.42 Å². The number of nitrogen functional groups attached to an aromatic ring is 1. The average molecular weight is 272 g/mol. The van der Waals surface area contributed by atoms with Crippen LogP contribution in [0.3, 0.4) is 0 Å². The van der Waals surface area contributed by atoms with Gasteiger partial charge in [-0.15, -0.1) is 0 Å². The highest BCUT2D eigenvalue weighted by atomic mass is 19.4. The Bertz CT molecular complexity index is 435. The summed E-state index contributed by atoms with van der Waals surface area (Å²) in [6, 6.07) is 5.72. The summed E-state index contributed by atoms with van der Waals surface area (Å²) in [5.74, 6) is -1.15. The van der Waals surface area contributed by atoms with Crippen molar-refractivity contribution in [3.8, 4) is 0 Å². The van der Waals surface area contributed by atoms with Crippen molar-refractivity contribution in [3.63, 3.8) is 0 Å². The Labute approximate surface area is 111 Å². The van der Waals surface area contributed by atoms with Crippen molar-refractivity contribution in [1.82, 2.24) is 0 Å². The second-order valence-electron chi connectivity index (χ2n) is 5.04. The third-order valence-corrected chi connectivity index (χ3v) is 3.83. The number of nitrogens with two attached hydrogens (primary N) is 1. The first kappa shape index (κ1) is 14.0. The largest absolute Gasteiger partial charge is 0.399 e. The first-order valence-corrected chi connectivity index (χ1v) is 6.62. The predicted molar refractivity (Wildman–Crippen MR) is 71.2 cm³/mol. The number of anilines is 2. The zero-order valence-corrected chi connectivity index (χ0v) is 11.0. The van der Waals surface area contributed by atoms with Gasteiger partial charge in [-0.25, -0.2) is 0 Å². The molecule has 2 N–H and O–H groups in total. The van der Waals surface area contributed by atoms with E-state index in [9.17, 15) is 13.2 Å². The third-order valence-electron chi connectivity index (χ3n) is 3.83. The van der Waals surface area contributed by atoms with Crippen molar-refractivity contribution >= 4 is 11.4 Å². The smallest absolute Gasteiger partial charge is 0.391 e. The van der Waals surface area contributed by atoms with Crippen molar-refractivity contribution in [2.24, 2.45) is 5.92 Å². The molecule has 0 aliphatic carbocycles. The van der Waals surface area contributed by atoms with Gasteiger partial charge in [-0.3, -0.25) is 0 Å². The van der Waals surface area contributed by atoms with Gasteiger partial charge in [0, 0.05) is 24.5 Å². The van der Waals surface area contributed by atoms with Gasteiger partial charge >= 0.3 is 6.18 Å². The minimum atomic E-state index is -4.05. The molecule has 106 valence electrons. The lowest BCUT2D eigenvalue weighted by Crippen LogP contribution is -2.39. The first-order valence-electron chi connectivity index (χ1n) is 6.62. The second-order valence-corrected chi connectivity index (χ2v) is 5.04. The van der Waals surface area contributed by atoms with Gasteiger partial charge in [-0.05, 0) is 43.0 Å². The van der Waals surface area contributed by atoms with Gasteiger partial charge in [0.05, 0.1) is 5.92 Å². The summed E-state index contributed by atoms with van der Waals surface area (Å²) in [7, 11) is 0. The summed E-state index contributed by atoms with van der Waals surface area (Å²) in [6.45, 7) is 2.93. The molecule has 0 radical (unpaired) electrons. The monoisotopic (exact) mass is 272 g/mol. The quantitative estimate of drug-likeness (QED) is 0.833. The molecule has 2 rings (SSSR count). The molecule has 0 spiro atoms. The van der Waals surface area contributed by atoms with Crippen LogP contribution in [0.2, 0.25) is 0 Å². The van der Waals surface area contributed by atoms with E-state index in [0.29, 0.717) is 13.1 Å². The molecule has 1 aromatic rings. The lowest BCUT2D eigenvalue weighted by molar-refractivity contribution is -0.179. The third kappa shape index (κ3) is 3.14. The van der Waals surface area contributed by atoms with Crippen molar-refractivity contribution in [2.75, 3.05) is 23.7 Å². The highest BCUT2D eigenvalue weighted by Crippen LogP contribution is 2.35. The van der Waals surface area contributed by atoms with Gasteiger partial charge in [0.25, 0.3) is 0 Å². The highest BCUT2D eigenvalue weighted by Gasteiger charge is 2.41. The molecular formula is C14H19F3N2. The molecule has 0 bridgehead atoms. The van der Waals surface area contributed by atoms with Crippen LogP contribution >= 0.6 is 0 Å². The number of rotatable bonds is 2. The van der Waals surface area contributed by atoms with E-state index in [2.05, 4.69) is 0 Å². The SMILES string of the molecule is CCc1cc(N2CCC(C(F)(F)F)CC2)ccc1N. The molecule has 1 aromatic carbocycles. The molecule has 1 saturated heterocycles. The second kappa shape index (κ2) is 5.31. The summed E-state index contributed by atoms with van der Waals surface area (Å²) in [5, 5.41) is 0. The maximum absolute atomic E-state index is 12.6. The highest BCUT2D eigenvalue weighted by molar-refractivity contribution is 5.58. The number of halogens is 3. The van der Waals surface area contributed by atoms with Crippen LogP contribution in [0, 0.1) is 5.92 Å². The standard InChI is InChI=1S/C14H19F3N2/c1-2-10-9-12(3-4-13(10)18)19-7-5-11(6-8-19)14(15,16)17/h3-4,9,11H,2,5-8,18H2,1H3. The van der Waals surface area contributed by atoms with E-state index in [1.807, 2.05) is 30.0 Å². The van der Waals surface area contributed by atoms with Gasteiger partial charge in [0.15, 0.2) is 0 Å². The summed E-state index contributed by atoms with van der Waals surface area (Å²) in [6.07, 6.45) is -2.87. The van der Waals surface area contributed by atoms with E-state index in [1.165, 1.54) is 0 Å². The topological polar surface area (TPSA) is 29.3 Å². The Kier molecular flexibility index (Phi) is 3.92. The zero-order valence-electron chi connectivity index (χ0n) is 11.0. The minimum Gasteiger partial charge on any atom is -0.399 e. The Morgan fingerprint density at radius 3 is 2.42 bits per heavy atom. The van der Waals surface area contributed by atoms with E-state index in [0.717, 1.165) is 23.4 Å². The number of hydrogen-bond donors (Lipinski definition) is 1. The van der Waals surface area contributed by atoms with Crippen LogP contribution in [0.25, 0.3) is 0 Å². The number of piperidine rings is 1. The number of aryl methyl sites for hydroxylation is 1. The van der Waals surface area contributed by atoms with Crippen LogP contribution in [0.1, 0.15) is 25.3 Å². The molecule has 0 unspecified atom stereocenters. The fourth-order valence-electron chi connectivity index (χ4n) is 2.56. The maximum Gasteiger partial charge on any atom is 0.391 e. The van der Waals surface area contributed by atoms with Gasteiger partial charge in [0.1, 0.15) is 0 Å². The number of alkyl halides is 3. The van der Waals surface area contributed by atoms with E-state index in [4.69, 9.17) is 5.73 Å². The van der Waals surface area contributed by atoms with Crippen molar-refractivity contribution < 1.29 is 13.2 Å². The van der Waals surface area contributed by atoms with Crippen molar-refractivity contribution in [1.29, 1.82) is 0 Å². The van der Waals surface area contributed by atoms with Gasteiger partial charge in [-0.1, -0.05) is 6.92 Å². The molecule has 1 heterocycles. The van der Waals surface area contributed by atoms with Gasteiger partial charge in [-0.2, -0.15) is 13.2 Å². The van der Waals surface area contributed by atoms with E-state index in [1.54, 1.807) is 0 Å². The lowest BCUT2D eigenvalue weighted by Gasteiger charge is -2.34. The first-order chi connectivity index (χ1) is 8.91. The molecule has 2 nitrogen and oxygen atoms in total. The van der Waals surface area contributed by atoms with Crippen LogP contribution in [0.5, 0.6) is 0 Å². The average Bonchev–Trinajstić information content (AvgIpc) is 2.38. The molecule has 0 atom stereocenters. The predicted octanol–water partition coefficient (Wildman–Crippen LogP) is 3.61. The molecule has 1 aliphatic rings. The van der Waals surface area contributed by atoms with Crippen LogP contribution in [-0.4, -0.2) is 19.3 Å². The zero-order chi connectivity index (χ0) is 14.0. The van der Waals surface area contributed by atoms with E-state index >= 15 is 0 Å². The number of benzene rings is 1. The van der Waals surface area contributed by atoms with Crippen LogP contribution in [0.4, 0.5) is 24.5 Å². The molecule has 1 fully saturated rings. The molecular weight excluding hydrogens is 253 g/mol. The summed E-state index contributed by atoms with van der Waals surface area (Å²) in [5.41, 5.74) is 8.62. The Morgan fingerprint density at radius 1 is 1.26 bits per heavy atom. The van der Waals surface area contributed by atoms with E-state index < -0.39 is 12.1 Å². The van der Waals surface area contributed by atoms with Crippen molar-refractivity contribution in [2.45, 2.75) is 32.4 Å². The van der Waals surface area contributed by atoms with Gasteiger partial charge < -0.3 is 10.6 Å². The lowest BCUT2D eigenvalue weighted by atomic mass is 9.95. The molecule has 0 saturated carbocycles. The minimum absolute atomic E-state index is 0.176. The van der Waals surface area contributed by atoms with Crippen molar-refractivity contribution in [3.05, 3.63) is 23.8 Å². The Morgan fingerprint density at radius 2 is 1.89 bits per heavy atom. The molecule has 5 heteroatoms. The summed E-state index contributed by atoms with van der Waals surface area (Å²) >= 11 is 0. The molecule has 0 amide bonds. The molecule has 0 aromatic heterocycles. The fourth-order valence-corrected chi connectivity index (χ4v) is 2.56. The normalized spacial score (nSPS) is 17.8. The molecule has 19 heavy (non-hydrogen) atoms. The Hall–Kier alpha value is -1.39. The van der Waals surface area contributed by atoms with Crippen LogP contribution in [0.15, 0.2) is 18.2 Å². The fraction of sp³-hybridized carbons (Fsp3) is 0.571. The number of hydrogen-bond acceptors (Lipinski definition) is 2. The summed E-state index contributed by atoms with van der Waals surface area (Å²) < 4.78 is 37.8. The molecule has 1 aliphatic heterocycles. The van der Waals surface area contributed by atoms with E-state index in [-0.39, 0.29) is 12.8 Å². The number of nitrogens with zero attached hydrogens (tertiary/aromatic N) is 1. The van der Waals surface area contributed by atoms with Crippen LogP contribution < -0.4 is 10.6 Å². The summed E-state index contributed by atoms with van der Waals surface area (Å²) in [4.78, 5) is 2.01. The maximum atomic E-state index is 12.6. The van der Waals surface area contributed by atoms with Gasteiger partial charge in [0.2, 0.25) is 0 Å².